The minimum atomic E-state index is -0.842. The zero-order chi connectivity index (χ0) is 15.6. The minimum absolute atomic E-state index is 0.0249. The lowest BCUT2D eigenvalue weighted by Crippen LogP contribution is -2.44. The van der Waals surface area contributed by atoms with Gasteiger partial charge in [-0.1, -0.05) is 31.4 Å². The molecule has 1 saturated carbocycles. The summed E-state index contributed by atoms with van der Waals surface area (Å²) in [4.78, 5) is 30.8. The van der Waals surface area contributed by atoms with E-state index < -0.39 is 11.5 Å². The van der Waals surface area contributed by atoms with Gasteiger partial charge in [0.15, 0.2) is 5.82 Å². The molecular formula is C16H19N3O3. The molecule has 0 aliphatic heterocycles. The van der Waals surface area contributed by atoms with Crippen molar-refractivity contribution >= 4 is 16.8 Å². The number of aliphatic hydroxyl groups is 1. The van der Waals surface area contributed by atoms with Crippen molar-refractivity contribution < 1.29 is 9.90 Å². The van der Waals surface area contributed by atoms with Crippen molar-refractivity contribution in [2.24, 2.45) is 0 Å². The van der Waals surface area contributed by atoms with Gasteiger partial charge in [-0.2, -0.15) is 0 Å². The molecule has 1 aliphatic carbocycles. The Hall–Kier alpha value is -2.21. The largest absolute Gasteiger partial charge is 0.388 e. The Morgan fingerprint density at radius 2 is 2.00 bits per heavy atom. The second kappa shape index (κ2) is 5.88. The standard InChI is InChI=1S/C16H19N3O3/c20-14-11-6-2-3-7-12(11)18-13(19-14)15(21)17-10-16(22)8-4-1-5-9-16/h2-3,6-7,22H,1,4-5,8-10H2,(H,17,21)(H,18,19,20). The number of carbonyl (C=O) groups is 1. The van der Waals surface area contributed by atoms with Gasteiger partial charge in [0.25, 0.3) is 11.5 Å². The molecule has 1 aromatic carbocycles. The fraction of sp³-hybridized carbons (Fsp3) is 0.438. The fourth-order valence-corrected chi connectivity index (χ4v) is 2.91. The van der Waals surface area contributed by atoms with Crippen molar-refractivity contribution in [3.05, 3.63) is 40.4 Å². The van der Waals surface area contributed by atoms with Gasteiger partial charge < -0.3 is 15.4 Å². The summed E-state index contributed by atoms with van der Waals surface area (Å²) in [5.74, 6) is -0.495. The molecule has 0 bridgehead atoms. The third-order valence-corrected chi connectivity index (χ3v) is 4.19. The van der Waals surface area contributed by atoms with Gasteiger partial charge in [0.2, 0.25) is 0 Å². The Morgan fingerprint density at radius 3 is 2.77 bits per heavy atom. The van der Waals surface area contributed by atoms with Gasteiger partial charge in [-0.15, -0.1) is 0 Å². The molecule has 0 atom stereocenters. The van der Waals surface area contributed by atoms with Gasteiger partial charge >= 0.3 is 0 Å². The molecule has 0 spiro atoms. The smallest absolute Gasteiger partial charge is 0.287 e. The van der Waals surface area contributed by atoms with Crippen molar-refractivity contribution in [1.82, 2.24) is 15.3 Å². The maximum Gasteiger partial charge on any atom is 0.287 e. The maximum absolute atomic E-state index is 12.2. The lowest BCUT2D eigenvalue weighted by atomic mass is 9.85. The average Bonchev–Trinajstić information content (AvgIpc) is 2.53. The fourth-order valence-electron chi connectivity index (χ4n) is 2.91. The molecule has 0 saturated heterocycles. The molecule has 1 heterocycles. The van der Waals surface area contributed by atoms with Gasteiger partial charge in [-0.25, -0.2) is 4.98 Å². The lowest BCUT2D eigenvalue weighted by molar-refractivity contribution is 0.00516. The predicted octanol–water partition coefficient (Wildman–Crippen LogP) is 1.35. The Morgan fingerprint density at radius 1 is 1.27 bits per heavy atom. The number of hydrogen-bond acceptors (Lipinski definition) is 4. The number of para-hydroxylation sites is 1. The van der Waals surface area contributed by atoms with E-state index in [1.165, 1.54) is 0 Å². The van der Waals surface area contributed by atoms with Crippen LogP contribution in [0.15, 0.2) is 29.1 Å². The van der Waals surface area contributed by atoms with Crippen LogP contribution in [0.3, 0.4) is 0 Å². The second-order valence-corrected chi connectivity index (χ2v) is 5.90. The van der Waals surface area contributed by atoms with Gasteiger partial charge in [0, 0.05) is 6.54 Å². The summed E-state index contributed by atoms with van der Waals surface area (Å²) in [7, 11) is 0. The molecule has 1 aliphatic rings. The molecule has 116 valence electrons. The van der Waals surface area contributed by atoms with Gasteiger partial charge in [0.05, 0.1) is 16.5 Å². The van der Waals surface area contributed by atoms with Crippen molar-refractivity contribution in [2.75, 3.05) is 6.54 Å². The van der Waals surface area contributed by atoms with Gasteiger partial charge in [-0.3, -0.25) is 9.59 Å². The van der Waals surface area contributed by atoms with Crippen molar-refractivity contribution in [1.29, 1.82) is 0 Å². The Bertz CT molecular complexity index is 748. The highest BCUT2D eigenvalue weighted by atomic mass is 16.3. The normalized spacial score (nSPS) is 17.3. The average molecular weight is 301 g/mol. The highest BCUT2D eigenvalue weighted by molar-refractivity contribution is 5.92. The molecule has 6 heteroatoms. The number of amides is 1. The second-order valence-electron chi connectivity index (χ2n) is 5.90. The third-order valence-electron chi connectivity index (χ3n) is 4.19. The minimum Gasteiger partial charge on any atom is -0.388 e. The van der Waals surface area contributed by atoms with Crippen molar-refractivity contribution in [3.8, 4) is 0 Å². The summed E-state index contributed by atoms with van der Waals surface area (Å²) >= 11 is 0. The number of H-pyrrole nitrogens is 1. The molecule has 3 N–H and O–H groups in total. The first-order valence-corrected chi connectivity index (χ1v) is 7.57. The van der Waals surface area contributed by atoms with E-state index in [-0.39, 0.29) is 17.9 Å². The SMILES string of the molecule is O=C(NCC1(O)CCCCC1)c1nc2ccccc2c(=O)[nH]1. The number of carbonyl (C=O) groups excluding carboxylic acids is 1. The predicted molar refractivity (Wildman–Crippen MR) is 82.7 cm³/mol. The topological polar surface area (TPSA) is 95.1 Å². The monoisotopic (exact) mass is 301 g/mol. The maximum atomic E-state index is 12.2. The summed E-state index contributed by atoms with van der Waals surface area (Å²) in [6, 6.07) is 6.86. The van der Waals surface area contributed by atoms with Crippen LogP contribution in [0.25, 0.3) is 10.9 Å². The van der Waals surface area contributed by atoms with E-state index in [4.69, 9.17) is 0 Å². The molecule has 1 amide bonds. The van der Waals surface area contributed by atoms with E-state index in [0.717, 1.165) is 19.3 Å². The molecule has 2 aromatic rings. The zero-order valence-electron chi connectivity index (χ0n) is 12.3. The number of nitrogens with one attached hydrogen (secondary N) is 2. The van der Waals surface area contributed by atoms with Crippen LogP contribution >= 0.6 is 0 Å². The molecule has 1 fully saturated rings. The molecular weight excluding hydrogens is 282 g/mol. The molecule has 0 unspecified atom stereocenters. The van der Waals surface area contributed by atoms with Crippen LogP contribution in [0.4, 0.5) is 0 Å². The molecule has 1 aromatic heterocycles. The van der Waals surface area contributed by atoms with Crippen LogP contribution in [0.1, 0.15) is 42.7 Å². The Balaban J connectivity index is 1.76. The van der Waals surface area contributed by atoms with E-state index >= 15 is 0 Å². The van der Waals surface area contributed by atoms with E-state index in [2.05, 4.69) is 15.3 Å². The van der Waals surface area contributed by atoms with E-state index in [9.17, 15) is 14.7 Å². The summed E-state index contributed by atoms with van der Waals surface area (Å²) in [5.41, 5.74) is -0.703. The van der Waals surface area contributed by atoms with Crippen LogP contribution in [-0.2, 0) is 0 Å². The Labute approximate surface area is 127 Å². The molecule has 22 heavy (non-hydrogen) atoms. The first kappa shape index (κ1) is 14.7. The summed E-state index contributed by atoms with van der Waals surface area (Å²) in [6.07, 6.45) is 4.44. The highest BCUT2D eigenvalue weighted by Gasteiger charge is 2.29. The number of aromatic nitrogens is 2. The number of benzene rings is 1. The highest BCUT2D eigenvalue weighted by Crippen LogP contribution is 2.27. The van der Waals surface area contributed by atoms with Gasteiger partial charge in [0.1, 0.15) is 0 Å². The van der Waals surface area contributed by atoms with E-state index in [0.29, 0.717) is 23.7 Å². The quantitative estimate of drug-likeness (QED) is 0.797. The van der Waals surface area contributed by atoms with Crippen LogP contribution < -0.4 is 10.9 Å². The van der Waals surface area contributed by atoms with Crippen LogP contribution in [0.5, 0.6) is 0 Å². The molecule has 3 rings (SSSR count). The van der Waals surface area contributed by atoms with E-state index in [1.54, 1.807) is 24.3 Å². The Kier molecular flexibility index (Phi) is 3.94. The van der Waals surface area contributed by atoms with Gasteiger partial charge in [-0.05, 0) is 25.0 Å². The number of hydrogen-bond donors (Lipinski definition) is 3. The first-order valence-electron chi connectivity index (χ1n) is 7.57. The zero-order valence-corrected chi connectivity index (χ0v) is 12.3. The lowest BCUT2D eigenvalue weighted by Gasteiger charge is -2.31. The number of fused-ring (bicyclic) bond motifs is 1. The van der Waals surface area contributed by atoms with Crippen molar-refractivity contribution in [3.63, 3.8) is 0 Å². The van der Waals surface area contributed by atoms with Crippen LogP contribution in [-0.4, -0.2) is 33.1 Å². The number of nitrogens with zero attached hydrogens (tertiary/aromatic N) is 1. The third kappa shape index (κ3) is 3.01. The summed E-state index contributed by atoms with van der Waals surface area (Å²) < 4.78 is 0. The first-order chi connectivity index (χ1) is 10.6. The van der Waals surface area contributed by atoms with Crippen LogP contribution in [0, 0.1) is 0 Å². The number of aromatic amines is 1. The molecule has 0 radical (unpaired) electrons. The molecule has 6 nitrogen and oxygen atoms in total. The van der Waals surface area contributed by atoms with Crippen molar-refractivity contribution in [2.45, 2.75) is 37.7 Å². The number of rotatable bonds is 3. The summed E-state index contributed by atoms with van der Waals surface area (Å²) in [5, 5.41) is 13.5. The van der Waals surface area contributed by atoms with Crippen LogP contribution in [0.2, 0.25) is 0 Å². The summed E-state index contributed by atoms with van der Waals surface area (Å²) in [6.45, 7) is 0.183. The van der Waals surface area contributed by atoms with E-state index in [1.807, 2.05) is 0 Å².